The first-order chi connectivity index (χ1) is 16.1. The first-order valence-electron chi connectivity index (χ1n) is 11.6. The number of rotatable bonds is 9. The molecule has 2 rings (SSSR count). The van der Waals surface area contributed by atoms with Crippen LogP contribution < -0.4 is 0 Å². The lowest BCUT2D eigenvalue weighted by atomic mass is 9.98. The molecule has 0 aromatic carbocycles. The Kier molecular flexibility index (Phi) is 9.87. The zero-order valence-electron chi connectivity index (χ0n) is 21.1. The van der Waals surface area contributed by atoms with Crippen LogP contribution in [-0.2, 0) is 23.9 Å². The number of esters is 1. The number of carbonyl (C=O) groups excluding carboxylic acids is 3. The van der Waals surface area contributed by atoms with Crippen LogP contribution in [0.25, 0.3) is 6.08 Å². The number of carbonyl (C=O) groups is 3. The SMILES string of the molecule is CCOC(=O)C1CCCN(C(=O)CN(C)C(=O)/C(C#N)=C\c2cc(C)n(C(C)COC)c2C)C1. The molecule has 2 atom stereocenters. The number of nitrogens with zero attached hydrogens (tertiary/aromatic N) is 4. The van der Waals surface area contributed by atoms with Crippen LogP contribution in [0.2, 0.25) is 0 Å². The third-order valence-corrected chi connectivity index (χ3v) is 6.14. The highest BCUT2D eigenvalue weighted by Crippen LogP contribution is 2.23. The van der Waals surface area contributed by atoms with E-state index in [-0.39, 0.29) is 42.5 Å². The molecule has 0 radical (unpaired) electrons. The van der Waals surface area contributed by atoms with Crippen LogP contribution in [-0.4, -0.2) is 79.2 Å². The van der Waals surface area contributed by atoms with Crippen molar-refractivity contribution in [1.29, 1.82) is 5.26 Å². The highest BCUT2D eigenvalue weighted by molar-refractivity contribution is 6.03. The van der Waals surface area contributed by atoms with Crippen LogP contribution in [0.3, 0.4) is 0 Å². The Labute approximate surface area is 201 Å². The van der Waals surface area contributed by atoms with E-state index >= 15 is 0 Å². The molecule has 0 bridgehead atoms. The largest absolute Gasteiger partial charge is 0.466 e. The van der Waals surface area contributed by atoms with Gasteiger partial charge in [-0.1, -0.05) is 0 Å². The third-order valence-electron chi connectivity index (χ3n) is 6.14. The summed E-state index contributed by atoms with van der Waals surface area (Å²) in [6.45, 7) is 9.19. The molecule has 34 heavy (non-hydrogen) atoms. The highest BCUT2D eigenvalue weighted by Gasteiger charge is 2.30. The number of hydrogen-bond donors (Lipinski definition) is 0. The van der Waals surface area contributed by atoms with E-state index in [4.69, 9.17) is 9.47 Å². The van der Waals surface area contributed by atoms with Gasteiger partial charge in [0.1, 0.15) is 11.6 Å². The minimum Gasteiger partial charge on any atom is -0.466 e. The highest BCUT2D eigenvalue weighted by atomic mass is 16.5. The van der Waals surface area contributed by atoms with Gasteiger partial charge in [-0.15, -0.1) is 0 Å². The van der Waals surface area contributed by atoms with Crippen LogP contribution in [0.15, 0.2) is 11.6 Å². The van der Waals surface area contributed by atoms with E-state index in [0.717, 1.165) is 17.0 Å². The second-order valence-electron chi connectivity index (χ2n) is 8.76. The zero-order valence-corrected chi connectivity index (χ0v) is 21.1. The number of aromatic nitrogens is 1. The van der Waals surface area contributed by atoms with Crippen molar-refractivity contribution in [2.45, 2.75) is 46.6 Å². The quantitative estimate of drug-likeness (QED) is 0.311. The summed E-state index contributed by atoms with van der Waals surface area (Å²) < 4.78 is 12.5. The van der Waals surface area contributed by atoms with Crippen LogP contribution >= 0.6 is 0 Å². The van der Waals surface area contributed by atoms with E-state index in [9.17, 15) is 19.6 Å². The second kappa shape index (κ2) is 12.4. The van der Waals surface area contributed by atoms with Crippen molar-refractivity contribution in [3.05, 3.63) is 28.6 Å². The normalized spacial score (nSPS) is 17.1. The Hall–Kier alpha value is -3.12. The van der Waals surface area contributed by atoms with Gasteiger partial charge in [0.05, 0.1) is 31.7 Å². The van der Waals surface area contributed by atoms with Crippen molar-refractivity contribution in [2.75, 3.05) is 47.0 Å². The van der Waals surface area contributed by atoms with Gasteiger partial charge < -0.3 is 23.8 Å². The molecule has 1 aromatic heterocycles. The standard InChI is InChI=1S/C25H36N4O5/c1-7-34-25(32)20-9-8-10-28(14-20)23(30)15-27(5)24(31)22(13-26)12-21-11-17(2)29(19(21)4)18(3)16-33-6/h11-12,18,20H,7-10,14-16H2,1-6H3/b22-12-. The lowest BCUT2D eigenvalue weighted by Gasteiger charge is -2.32. The monoisotopic (exact) mass is 472 g/mol. The molecule has 1 aliphatic rings. The van der Waals surface area contributed by atoms with E-state index in [1.54, 1.807) is 25.0 Å². The molecule has 0 aliphatic carbocycles. The Morgan fingerprint density at radius 2 is 2.06 bits per heavy atom. The van der Waals surface area contributed by atoms with Gasteiger partial charge in [-0.05, 0) is 58.2 Å². The molecule has 1 aromatic rings. The van der Waals surface area contributed by atoms with Crippen molar-refractivity contribution in [3.63, 3.8) is 0 Å². The molecule has 0 saturated carbocycles. The predicted octanol–water partition coefficient (Wildman–Crippen LogP) is 2.48. The molecule has 2 amide bonds. The van der Waals surface area contributed by atoms with E-state index in [1.165, 1.54) is 11.9 Å². The summed E-state index contributed by atoms with van der Waals surface area (Å²) in [5.74, 6) is -1.42. The maximum Gasteiger partial charge on any atom is 0.310 e. The number of amides is 2. The number of hydrogen-bond acceptors (Lipinski definition) is 6. The van der Waals surface area contributed by atoms with Crippen molar-refractivity contribution in [3.8, 4) is 6.07 Å². The van der Waals surface area contributed by atoms with Gasteiger partial charge in [-0.2, -0.15) is 5.26 Å². The molecule has 0 spiro atoms. The molecule has 186 valence electrons. The molecule has 1 saturated heterocycles. The van der Waals surface area contributed by atoms with Gasteiger partial charge in [0, 0.05) is 38.6 Å². The minimum absolute atomic E-state index is 0.0435. The summed E-state index contributed by atoms with van der Waals surface area (Å²) in [5.41, 5.74) is 2.67. The molecule has 9 heteroatoms. The topological polar surface area (TPSA) is 105 Å². The van der Waals surface area contributed by atoms with Crippen molar-refractivity contribution in [1.82, 2.24) is 14.4 Å². The van der Waals surface area contributed by atoms with Gasteiger partial charge >= 0.3 is 5.97 Å². The maximum atomic E-state index is 13.0. The number of ether oxygens (including phenoxy) is 2. The molecular weight excluding hydrogens is 436 g/mol. The predicted molar refractivity (Wildman–Crippen MR) is 128 cm³/mol. The van der Waals surface area contributed by atoms with Crippen LogP contribution in [0, 0.1) is 31.1 Å². The van der Waals surface area contributed by atoms with Gasteiger partial charge in [-0.25, -0.2) is 0 Å². The summed E-state index contributed by atoms with van der Waals surface area (Å²) >= 11 is 0. The minimum atomic E-state index is -0.524. The number of likely N-dealkylation sites (N-methyl/N-ethyl adjacent to an activating group) is 1. The summed E-state index contributed by atoms with van der Waals surface area (Å²) in [6, 6.07) is 4.02. The fraction of sp³-hybridized carbons (Fsp3) is 0.600. The van der Waals surface area contributed by atoms with Crippen molar-refractivity contribution >= 4 is 23.9 Å². The number of likely N-dealkylation sites (tertiary alicyclic amines) is 1. The molecule has 9 nitrogen and oxygen atoms in total. The lowest BCUT2D eigenvalue weighted by Crippen LogP contribution is -2.47. The molecule has 0 N–H and O–H groups in total. The van der Waals surface area contributed by atoms with Gasteiger partial charge in [-0.3, -0.25) is 14.4 Å². The van der Waals surface area contributed by atoms with Crippen molar-refractivity contribution in [2.24, 2.45) is 5.92 Å². The fourth-order valence-corrected chi connectivity index (χ4v) is 4.48. The number of methoxy groups -OCH3 is 1. The molecule has 2 heterocycles. The Balaban J connectivity index is 2.11. The number of nitriles is 1. The number of aryl methyl sites for hydroxylation is 1. The first kappa shape index (κ1) is 27.1. The maximum absolute atomic E-state index is 13.0. The molecule has 1 aliphatic heterocycles. The number of piperidine rings is 1. The van der Waals surface area contributed by atoms with Crippen LogP contribution in [0.5, 0.6) is 0 Å². The van der Waals surface area contributed by atoms with E-state index < -0.39 is 5.91 Å². The summed E-state index contributed by atoms with van der Waals surface area (Å²) in [4.78, 5) is 40.7. The summed E-state index contributed by atoms with van der Waals surface area (Å²) in [7, 11) is 3.15. The average Bonchev–Trinajstić information content (AvgIpc) is 3.09. The van der Waals surface area contributed by atoms with Crippen LogP contribution in [0.4, 0.5) is 0 Å². The first-order valence-corrected chi connectivity index (χ1v) is 11.6. The Morgan fingerprint density at radius 3 is 2.68 bits per heavy atom. The van der Waals surface area contributed by atoms with Crippen LogP contribution in [0.1, 0.15) is 49.7 Å². The lowest BCUT2D eigenvalue weighted by molar-refractivity contribution is -0.151. The average molecular weight is 473 g/mol. The third kappa shape index (κ3) is 6.48. The van der Waals surface area contributed by atoms with Gasteiger partial charge in [0.25, 0.3) is 5.91 Å². The molecule has 2 unspecified atom stereocenters. The van der Waals surface area contributed by atoms with E-state index in [1.807, 2.05) is 32.9 Å². The smallest absolute Gasteiger partial charge is 0.310 e. The fourth-order valence-electron chi connectivity index (χ4n) is 4.48. The van der Waals surface area contributed by atoms with Gasteiger partial charge in [0.15, 0.2) is 0 Å². The Morgan fingerprint density at radius 1 is 1.35 bits per heavy atom. The van der Waals surface area contributed by atoms with E-state index in [0.29, 0.717) is 32.6 Å². The summed E-state index contributed by atoms with van der Waals surface area (Å²) in [5, 5.41) is 9.66. The second-order valence-corrected chi connectivity index (χ2v) is 8.76. The zero-order chi connectivity index (χ0) is 25.4. The van der Waals surface area contributed by atoms with E-state index in [2.05, 4.69) is 4.57 Å². The molecular formula is C25H36N4O5. The van der Waals surface area contributed by atoms with Gasteiger partial charge in [0.2, 0.25) is 5.91 Å². The van der Waals surface area contributed by atoms with Crippen molar-refractivity contribution < 1.29 is 23.9 Å². The molecule has 1 fully saturated rings. The Bertz CT molecular complexity index is 975. The summed E-state index contributed by atoms with van der Waals surface area (Å²) in [6.07, 6.45) is 2.95.